The lowest BCUT2D eigenvalue weighted by atomic mass is 10.1. The normalized spacial score (nSPS) is 12.4. The summed E-state index contributed by atoms with van der Waals surface area (Å²) in [5, 5.41) is 3.34. The topological polar surface area (TPSA) is 12.0 Å². The van der Waals surface area contributed by atoms with Crippen LogP contribution in [0.4, 0.5) is 8.78 Å². The number of benzene rings is 2. The minimum atomic E-state index is -0.225. The maximum Gasteiger partial charge on any atom is 0.123 e. The predicted octanol–water partition coefficient (Wildman–Crippen LogP) is 3.69. The molecule has 2 aromatic rings. The molecule has 0 heterocycles. The fourth-order valence-electron chi connectivity index (χ4n) is 1.98. The van der Waals surface area contributed by atoms with Gasteiger partial charge in [0.2, 0.25) is 0 Å². The number of hydrogen-bond donors (Lipinski definition) is 1. The van der Waals surface area contributed by atoms with Crippen LogP contribution in [0.5, 0.6) is 0 Å². The van der Waals surface area contributed by atoms with Gasteiger partial charge in [0.05, 0.1) is 0 Å². The summed E-state index contributed by atoms with van der Waals surface area (Å²) in [5.41, 5.74) is 2.01. The molecule has 0 spiro atoms. The van der Waals surface area contributed by atoms with Gasteiger partial charge in [-0.1, -0.05) is 24.3 Å². The lowest BCUT2D eigenvalue weighted by Crippen LogP contribution is -2.27. The fraction of sp³-hybridized carbons (Fsp3) is 0.250. The first kappa shape index (κ1) is 13.7. The summed E-state index contributed by atoms with van der Waals surface area (Å²) >= 11 is 0. The van der Waals surface area contributed by atoms with Crippen LogP contribution in [0, 0.1) is 11.6 Å². The Balaban J connectivity index is 1.84. The van der Waals surface area contributed by atoms with Crippen LogP contribution < -0.4 is 5.32 Å². The SMILES string of the molecule is CC(Cc1cccc(F)c1)NCc1ccc(F)cc1. The first-order valence-corrected chi connectivity index (χ1v) is 6.36. The highest BCUT2D eigenvalue weighted by Crippen LogP contribution is 2.07. The molecule has 0 aliphatic heterocycles. The molecule has 0 aliphatic rings. The Morgan fingerprint density at radius 2 is 1.68 bits per heavy atom. The van der Waals surface area contributed by atoms with Crippen LogP contribution in [-0.4, -0.2) is 6.04 Å². The van der Waals surface area contributed by atoms with Gasteiger partial charge in [-0.25, -0.2) is 8.78 Å². The second-order valence-electron chi connectivity index (χ2n) is 4.74. The first-order chi connectivity index (χ1) is 9.13. The molecule has 1 nitrogen and oxygen atoms in total. The van der Waals surface area contributed by atoms with Crippen molar-refractivity contribution in [2.45, 2.75) is 25.9 Å². The molecule has 0 fully saturated rings. The molecule has 3 heteroatoms. The van der Waals surface area contributed by atoms with Crippen molar-refractivity contribution in [2.24, 2.45) is 0 Å². The highest BCUT2D eigenvalue weighted by Gasteiger charge is 2.04. The zero-order valence-electron chi connectivity index (χ0n) is 10.9. The highest BCUT2D eigenvalue weighted by atomic mass is 19.1. The molecule has 2 aromatic carbocycles. The third kappa shape index (κ3) is 4.45. The van der Waals surface area contributed by atoms with Gasteiger partial charge in [-0.3, -0.25) is 0 Å². The molecular weight excluding hydrogens is 244 g/mol. The third-order valence-corrected chi connectivity index (χ3v) is 3.00. The van der Waals surface area contributed by atoms with E-state index in [0.29, 0.717) is 6.54 Å². The highest BCUT2D eigenvalue weighted by molar-refractivity contribution is 5.18. The summed E-state index contributed by atoms with van der Waals surface area (Å²) in [5.74, 6) is -0.431. The summed E-state index contributed by atoms with van der Waals surface area (Å²) in [7, 11) is 0. The molecule has 0 aliphatic carbocycles. The van der Waals surface area contributed by atoms with E-state index in [4.69, 9.17) is 0 Å². The Bertz CT molecular complexity index is 523. The first-order valence-electron chi connectivity index (χ1n) is 6.36. The Morgan fingerprint density at radius 1 is 0.947 bits per heavy atom. The van der Waals surface area contributed by atoms with E-state index in [1.165, 1.54) is 18.2 Å². The number of halogens is 2. The maximum absolute atomic E-state index is 13.1. The molecule has 0 radical (unpaired) electrons. The number of hydrogen-bond acceptors (Lipinski definition) is 1. The molecule has 1 atom stereocenters. The van der Waals surface area contributed by atoms with Crippen LogP contribution in [0.25, 0.3) is 0 Å². The average molecular weight is 261 g/mol. The van der Waals surface area contributed by atoms with E-state index in [0.717, 1.165) is 17.5 Å². The molecule has 0 saturated carbocycles. The molecule has 100 valence electrons. The molecule has 0 bridgehead atoms. The van der Waals surface area contributed by atoms with Crippen LogP contribution in [0.15, 0.2) is 48.5 Å². The van der Waals surface area contributed by atoms with Gasteiger partial charge in [0.15, 0.2) is 0 Å². The van der Waals surface area contributed by atoms with E-state index in [-0.39, 0.29) is 17.7 Å². The summed E-state index contributed by atoms with van der Waals surface area (Å²) in [6, 6.07) is 13.3. The van der Waals surface area contributed by atoms with Gasteiger partial charge in [-0.15, -0.1) is 0 Å². The van der Waals surface area contributed by atoms with Crippen molar-refractivity contribution < 1.29 is 8.78 Å². The van der Waals surface area contributed by atoms with Crippen LogP contribution in [0.1, 0.15) is 18.1 Å². The van der Waals surface area contributed by atoms with Gasteiger partial charge in [0.25, 0.3) is 0 Å². The molecule has 0 saturated heterocycles. The van der Waals surface area contributed by atoms with Crippen LogP contribution >= 0.6 is 0 Å². The van der Waals surface area contributed by atoms with Gasteiger partial charge in [-0.2, -0.15) is 0 Å². The molecule has 0 aromatic heterocycles. The van der Waals surface area contributed by atoms with Crippen molar-refractivity contribution in [2.75, 3.05) is 0 Å². The molecule has 2 rings (SSSR count). The zero-order chi connectivity index (χ0) is 13.7. The van der Waals surface area contributed by atoms with Crippen LogP contribution in [0.3, 0.4) is 0 Å². The van der Waals surface area contributed by atoms with E-state index in [2.05, 4.69) is 12.2 Å². The van der Waals surface area contributed by atoms with Crippen molar-refractivity contribution in [1.82, 2.24) is 5.32 Å². The van der Waals surface area contributed by atoms with Gasteiger partial charge >= 0.3 is 0 Å². The van der Waals surface area contributed by atoms with Crippen molar-refractivity contribution in [3.05, 3.63) is 71.3 Å². The largest absolute Gasteiger partial charge is 0.310 e. The second kappa shape index (κ2) is 6.43. The van der Waals surface area contributed by atoms with E-state index < -0.39 is 0 Å². The Kier molecular flexibility index (Phi) is 4.63. The minimum Gasteiger partial charge on any atom is -0.310 e. The van der Waals surface area contributed by atoms with Crippen LogP contribution in [-0.2, 0) is 13.0 Å². The minimum absolute atomic E-state index is 0.205. The van der Waals surface area contributed by atoms with E-state index in [1.54, 1.807) is 24.3 Å². The molecule has 19 heavy (non-hydrogen) atoms. The molecule has 1 unspecified atom stereocenters. The average Bonchev–Trinajstić information content (AvgIpc) is 2.38. The van der Waals surface area contributed by atoms with E-state index >= 15 is 0 Å². The quantitative estimate of drug-likeness (QED) is 0.865. The second-order valence-corrected chi connectivity index (χ2v) is 4.74. The zero-order valence-corrected chi connectivity index (χ0v) is 10.9. The maximum atomic E-state index is 13.1. The Morgan fingerprint density at radius 3 is 2.37 bits per heavy atom. The number of rotatable bonds is 5. The smallest absolute Gasteiger partial charge is 0.123 e. The van der Waals surface area contributed by atoms with E-state index in [9.17, 15) is 8.78 Å². The monoisotopic (exact) mass is 261 g/mol. The van der Waals surface area contributed by atoms with Crippen LogP contribution in [0.2, 0.25) is 0 Å². The summed E-state index contributed by atoms with van der Waals surface area (Å²) in [4.78, 5) is 0. The van der Waals surface area contributed by atoms with Crippen molar-refractivity contribution in [3.8, 4) is 0 Å². The summed E-state index contributed by atoms with van der Waals surface area (Å²) in [6.07, 6.45) is 0.763. The van der Waals surface area contributed by atoms with Gasteiger partial charge < -0.3 is 5.32 Å². The summed E-state index contributed by atoms with van der Waals surface area (Å²) < 4.78 is 25.8. The van der Waals surface area contributed by atoms with Crippen molar-refractivity contribution in [1.29, 1.82) is 0 Å². The molecule has 0 amide bonds. The standard InChI is InChI=1S/C16H17F2N/c1-12(9-14-3-2-4-16(18)10-14)19-11-13-5-7-15(17)8-6-13/h2-8,10,12,19H,9,11H2,1H3. The van der Waals surface area contributed by atoms with Gasteiger partial charge in [0.1, 0.15) is 11.6 Å². The summed E-state index contributed by atoms with van der Waals surface area (Å²) in [6.45, 7) is 2.73. The Hall–Kier alpha value is -1.74. The van der Waals surface area contributed by atoms with Gasteiger partial charge in [-0.05, 0) is 48.7 Å². The predicted molar refractivity (Wildman–Crippen MR) is 72.8 cm³/mol. The molecule has 1 N–H and O–H groups in total. The third-order valence-electron chi connectivity index (χ3n) is 3.00. The Labute approximate surface area is 112 Å². The molecular formula is C16H17F2N. The van der Waals surface area contributed by atoms with Crippen molar-refractivity contribution in [3.63, 3.8) is 0 Å². The number of nitrogens with one attached hydrogen (secondary N) is 1. The lowest BCUT2D eigenvalue weighted by molar-refractivity contribution is 0.542. The lowest BCUT2D eigenvalue weighted by Gasteiger charge is -2.14. The van der Waals surface area contributed by atoms with Crippen molar-refractivity contribution >= 4 is 0 Å². The fourth-order valence-corrected chi connectivity index (χ4v) is 1.98. The van der Waals surface area contributed by atoms with E-state index in [1.807, 2.05) is 6.07 Å². The van der Waals surface area contributed by atoms with Gasteiger partial charge in [0, 0.05) is 12.6 Å².